The number of carbonyl (C=O) groups is 2. The molecule has 0 amide bonds. The van der Waals surface area contributed by atoms with Crippen molar-refractivity contribution in [2.45, 2.75) is 17.4 Å². The van der Waals surface area contributed by atoms with Crippen molar-refractivity contribution in [1.29, 1.82) is 0 Å². The molecule has 0 saturated carbocycles. The molecule has 1 rings (SSSR count). The zero-order valence-electron chi connectivity index (χ0n) is 9.71. The van der Waals surface area contributed by atoms with E-state index < -0.39 is 51.0 Å². The number of halogens is 2. The quantitative estimate of drug-likeness (QED) is 0.689. The average molecular weight is 309 g/mol. The van der Waals surface area contributed by atoms with Gasteiger partial charge in [0.2, 0.25) is 10.0 Å². The van der Waals surface area contributed by atoms with Gasteiger partial charge in [0.05, 0.1) is 6.42 Å². The first-order valence-corrected chi connectivity index (χ1v) is 6.54. The smallest absolute Gasteiger partial charge is 0.322 e. The summed E-state index contributed by atoms with van der Waals surface area (Å²) in [5.74, 6) is -6.21. The predicted molar refractivity (Wildman–Crippen MR) is 60.4 cm³/mol. The van der Waals surface area contributed by atoms with Crippen LogP contribution in [0.15, 0.2) is 23.1 Å². The second-order valence-corrected chi connectivity index (χ2v) is 5.31. The lowest BCUT2D eigenvalue weighted by molar-refractivity contribution is -0.145. The van der Waals surface area contributed by atoms with Gasteiger partial charge in [-0.1, -0.05) is 6.07 Å². The number of carboxylic acids is 2. The van der Waals surface area contributed by atoms with Gasteiger partial charge < -0.3 is 10.2 Å². The summed E-state index contributed by atoms with van der Waals surface area (Å²) in [4.78, 5) is 19.8. The largest absolute Gasteiger partial charge is 0.481 e. The van der Waals surface area contributed by atoms with Crippen molar-refractivity contribution >= 4 is 22.0 Å². The highest BCUT2D eigenvalue weighted by Gasteiger charge is 2.31. The van der Waals surface area contributed by atoms with E-state index in [1.807, 2.05) is 0 Å². The van der Waals surface area contributed by atoms with Crippen LogP contribution in [-0.4, -0.2) is 36.6 Å². The number of aliphatic carboxylic acids is 2. The summed E-state index contributed by atoms with van der Waals surface area (Å²) in [7, 11) is -4.86. The highest BCUT2D eigenvalue weighted by Crippen LogP contribution is 2.18. The number of nitrogens with one attached hydrogen (secondary N) is 1. The summed E-state index contributed by atoms with van der Waals surface area (Å²) in [5.41, 5.74) is 0. The first-order valence-electron chi connectivity index (χ1n) is 5.06. The molecule has 1 aromatic rings. The van der Waals surface area contributed by atoms with E-state index in [-0.39, 0.29) is 0 Å². The number of hydrogen-bond donors (Lipinski definition) is 3. The molecule has 0 bridgehead atoms. The lowest BCUT2D eigenvalue weighted by Gasteiger charge is -2.13. The zero-order chi connectivity index (χ0) is 15.5. The topological polar surface area (TPSA) is 121 Å². The fraction of sp³-hybridized carbons (Fsp3) is 0.200. The Hall–Kier alpha value is -2.07. The molecule has 1 aromatic carbocycles. The van der Waals surface area contributed by atoms with Crippen molar-refractivity contribution in [1.82, 2.24) is 4.72 Å². The normalized spacial score (nSPS) is 12.9. The van der Waals surface area contributed by atoms with Crippen molar-refractivity contribution in [2.75, 3.05) is 0 Å². The molecule has 0 saturated heterocycles. The maximum atomic E-state index is 13.3. The SMILES string of the molecule is O=C(O)C[C@H](NS(=O)(=O)c1c(F)cccc1F)C(=O)O. The van der Waals surface area contributed by atoms with E-state index in [1.165, 1.54) is 4.72 Å². The Bertz CT molecular complexity index is 625. The third-order valence-corrected chi connectivity index (χ3v) is 3.68. The first kappa shape index (κ1) is 16.0. The summed E-state index contributed by atoms with van der Waals surface area (Å²) in [6.45, 7) is 0. The van der Waals surface area contributed by atoms with Crippen LogP contribution in [0.25, 0.3) is 0 Å². The van der Waals surface area contributed by atoms with Crippen molar-refractivity contribution in [2.24, 2.45) is 0 Å². The van der Waals surface area contributed by atoms with Crippen LogP contribution in [0.1, 0.15) is 6.42 Å². The van der Waals surface area contributed by atoms with E-state index in [2.05, 4.69) is 0 Å². The highest BCUT2D eigenvalue weighted by atomic mass is 32.2. The minimum atomic E-state index is -4.86. The molecule has 0 spiro atoms. The van der Waals surface area contributed by atoms with Gasteiger partial charge >= 0.3 is 11.9 Å². The molecule has 0 aromatic heterocycles. The minimum absolute atomic E-state index is 0.671. The third kappa shape index (κ3) is 3.71. The summed E-state index contributed by atoms with van der Waals surface area (Å²) in [5, 5.41) is 17.2. The van der Waals surface area contributed by atoms with Gasteiger partial charge in [0.1, 0.15) is 17.7 Å². The molecule has 0 radical (unpaired) electrons. The van der Waals surface area contributed by atoms with Crippen molar-refractivity contribution in [3.8, 4) is 0 Å². The fourth-order valence-corrected chi connectivity index (χ4v) is 2.67. The number of rotatable bonds is 6. The summed E-state index contributed by atoms with van der Waals surface area (Å²) in [6, 6.07) is 0.224. The van der Waals surface area contributed by atoms with Crippen LogP contribution in [0, 0.1) is 11.6 Å². The Morgan fingerprint density at radius 2 is 1.70 bits per heavy atom. The van der Waals surface area contributed by atoms with E-state index in [9.17, 15) is 26.8 Å². The van der Waals surface area contributed by atoms with Gasteiger partial charge in [-0.3, -0.25) is 9.59 Å². The molecule has 110 valence electrons. The van der Waals surface area contributed by atoms with E-state index in [0.717, 1.165) is 6.07 Å². The van der Waals surface area contributed by atoms with E-state index in [4.69, 9.17) is 10.2 Å². The molecular weight excluding hydrogens is 300 g/mol. The van der Waals surface area contributed by atoms with Crippen LogP contribution in [0.2, 0.25) is 0 Å². The number of benzene rings is 1. The molecule has 3 N–H and O–H groups in total. The monoisotopic (exact) mass is 309 g/mol. The van der Waals surface area contributed by atoms with Crippen molar-refractivity contribution in [3.05, 3.63) is 29.8 Å². The second-order valence-electron chi connectivity index (χ2n) is 3.66. The summed E-state index contributed by atoms with van der Waals surface area (Å²) in [6.07, 6.45) is -1.08. The Morgan fingerprint density at radius 1 is 1.20 bits per heavy atom. The third-order valence-electron chi connectivity index (χ3n) is 2.16. The van der Waals surface area contributed by atoms with Crippen LogP contribution in [0.4, 0.5) is 8.78 Å². The van der Waals surface area contributed by atoms with Gasteiger partial charge in [-0.05, 0) is 12.1 Å². The molecule has 0 aliphatic rings. The molecule has 0 fully saturated rings. The molecule has 1 atom stereocenters. The van der Waals surface area contributed by atoms with Gasteiger partial charge in [0.25, 0.3) is 0 Å². The fourth-order valence-electron chi connectivity index (χ4n) is 1.34. The Labute approximate surface area is 111 Å². The van der Waals surface area contributed by atoms with Gasteiger partial charge in [-0.25, -0.2) is 17.2 Å². The maximum absolute atomic E-state index is 13.3. The minimum Gasteiger partial charge on any atom is -0.481 e. The van der Waals surface area contributed by atoms with E-state index in [0.29, 0.717) is 12.1 Å². The zero-order valence-corrected chi connectivity index (χ0v) is 10.5. The Kier molecular flexibility index (Phi) is 4.73. The lowest BCUT2D eigenvalue weighted by Crippen LogP contribution is -2.42. The van der Waals surface area contributed by atoms with Gasteiger partial charge in [0.15, 0.2) is 4.90 Å². The lowest BCUT2D eigenvalue weighted by atomic mass is 10.2. The van der Waals surface area contributed by atoms with Crippen LogP contribution < -0.4 is 4.72 Å². The summed E-state index contributed by atoms with van der Waals surface area (Å²) < 4.78 is 51.6. The molecular formula is C10H9F2NO6S. The standard InChI is InChI=1S/C10H9F2NO6S/c11-5-2-1-3-6(12)9(5)20(18,19)13-7(10(16)17)4-8(14)15/h1-3,7,13H,4H2,(H,14,15)(H,16,17)/t7-/m0/s1. The Morgan fingerprint density at radius 3 is 2.10 bits per heavy atom. The average Bonchev–Trinajstić information content (AvgIpc) is 2.26. The number of sulfonamides is 1. The van der Waals surface area contributed by atoms with Crippen LogP contribution in [-0.2, 0) is 19.6 Å². The van der Waals surface area contributed by atoms with Gasteiger partial charge in [0, 0.05) is 0 Å². The molecule has 7 nitrogen and oxygen atoms in total. The second kappa shape index (κ2) is 5.92. The summed E-state index contributed by atoms with van der Waals surface area (Å²) >= 11 is 0. The molecule has 0 heterocycles. The van der Waals surface area contributed by atoms with Crippen molar-refractivity contribution < 1.29 is 37.0 Å². The molecule has 10 heteroatoms. The maximum Gasteiger partial charge on any atom is 0.322 e. The first-order chi connectivity index (χ1) is 9.15. The van der Waals surface area contributed by atoms with Crippen LogP contribution in [0.5, 0.6) is 0 Å². The molecule has 0 aliphatic carbocycles. The van der Waals surface area contributed by atoms with E-state index >= 15 is 0 Å². The molecule has 0 unspecified atom stereocenters. The van der Waals surface area contributed by atoms with Crippen LogP contribution in [0.3, 0.4) is 0 Å². The number of hydrogen-bond acceptors (Lipinski definition) is 4. The van der Waals surface area contributed by atoms with Gasteiger partial charge in [-0.2, -0.15) is 4.72 Å². The molecule has 0 aliphatic heterocycles. The van der Waals surface area contributed by atoms with Gasteiger partial charge in [-0.15, -0.1) is 0 Å². The van der Waals surface area contributed by atoms with Crippen LogP contribution >= 0.6 is 0 Å². The highest BCUT2D eigenvalue weighted by molar-refractivity contribution is 7.89. The predicted octanol–water partition coefficient (Wildman–Crippen LogP) is 0.171. The Balaban J connectivity index is 3.17. The number of carboxylic acid groups (broad SMARTS) is 2. The molecule has 20 heavy (non-hydrogen) atoms. The van der Waals surface area contributed by atoms with E-state index in [1.54, 1.807) is 0 Å². The van der Waals surface area contributed by atoms with Crippen molar-refractivity contribution in [3.63, 3.8) is 0 Å².